The van der Waals surface area contributed by atoms with Crippen LogP contribution in [0.25, 0.3) is 0 Å². The number of hydrogen-bond acceptors (Lipinski definition) is 7. The van der Waals surface area contributed by atoms with Crippen LogP contribution in [0, 0.1) is 0 Å². The van der Waals surface area contributed by atoms with Crippen LogP contribution < -0.4 is 4.74 Å². The number of Topliss-reactive ketones (excluding diaryl/α,β-unsaturated/α-hetero) is 1. The van der Waals surface area contributed by atoms with Gasteiger partial charge in [0.15, 0.2) is 5.78 Å². The highest BCUT2D eigenvalue weighted by Gasteiger charge is 2.57. The minimum absolute atomic E-state index is 0.0229. The second kappa shape index (κ2) is 11.5. The quantitative estimate of drug-likeness (QED) is 0.265. The lowest BCUT2D eigenvalue weighted by molar-refractivity contribution is -0.183. The lowest BCUT2D eigenvalue weighted by atomic mass is 9.87. The maximum atomic E-state index is 14.0. The molecule has 0 spiro atoms. The molecule has 1 fully saturated rings. The van der Waals surface area contributed by atoms with Crippen LogP contribution in [0.4, 0.5) is 0 Å². The number of carbonyl (C=O) groups excluding carboxylic acids is 3. The fraction of sp³-hybridized carbons (Fsp3) is 0.464. The molecule has 7 nitrogen and oxygen atoms in total. The van der Waals surface area contributed by atoms with E-state index in [1.165, 1.54) is 0 Å². The predicted molar refractivity (Wildman–Crippen MR) is 132 cm³/mol. The first-order chi connectivity index (χ1) is 16.7. The van der Waals surface area contributed by atoms with Gasteiger partial charge in [-0.3, -0.25) is 9.69 Å². The van der Waals surface area contributed by atoms with Gasteiger partial charge in [0.2, 0.25) is 5.54 Å². The van der Waals surface area contributed by atoms with Crippen molar-refractivity contribution in [1.82, 2.24) is 4.90 Å². The average molecular weight is 482 g/mol. The summed E-state index contributed by atoms with van der Waals surface area (Å²) in [5.41, 5.74) is -1.92. The van der Waals surface area contributed by atoms with E-state index in [1.807, 2.05) is 17.9 Å². The van der Waals surface area contributed by atoms with Gasteiger partial charge in [0.1, 0.15) is 11.4 Å². The summed E-state index contributed by atoms with van der Waals surface area (Å²) in [5, 5.41) is 0. The van der Waals surface area contributed by atoms with Crippen molar-refractivity contribution in [3.8, 4) is 5.75 Å². The van der Waals surface area contributed by atoms with Crippen LogP contribution in [0.2, 0.25) is 0 Å². The number of benzene rings is 2. The SMILES string of the molecule is CCOC(=O)C(C(=O)OC(C)(C)CC(=O)c1ccccc1)(c1ccc(OCC)cc1)N1CCCC1. The van der Waals surface area contributed by atoms with E-state index in [-0.39, 0.29) is 18.8 Å². The zero-order chi connectivity index (χ0) is 25.5. The normalized spacial score (nSPS) is 15.8. The van der Waals surface area contributed by atoms with Crippen LogP contribution >= 0.6 is 0 Å². The Morgan fingerprint density at radius 2 is 1.49 bits per heavy atom. The maximum Gasteiger partial charge on any atom is 0.343 e. The van der Waals surface area contributed by atoms with Crippen molar-refractivity contribution >= 4 is 17.7 Å². The van der Waals surface area contributed by atoms with Crippen LogP contribution in [0.5, 0.6) is 5.75 Å². The molecule has 0 aromatic heterocycles. The second-order valence-corrected chi connectivity index (χ2v) is 9.20. The Labute approximate surface area is 207 Å². The number of carbonyl (C=O) groups is 3. The highest BCUT2D eigenvalue weighted by molar-refractivity contribution is 6.06. The third-order valence-corrected chi connectivity index (χ3v) is 6.08. The first kappa shape index (κ1) is 26.4. The maximum absolute atomic E-state index is 14.0. The second-order valence-electron chi connectivity index (χ2n) is 9.20. The molecule has 1 aliphatic heterocycles. The molecule has 3 rings (SSSR count). The van der Waals surface area contributed by atoms with Gasteiger partial charge in [-0.1, -0.05) is 42.5 Å². The summed E-state index contributed by atoms with van der Waals surface area (Å²) in [6.07, 6.45) is 1.67. The van der Waals surface area contributed by atoms with Crippen molar-refractivity contribution in [2.24, 2.45) is 0 Å². The fourth-order valence-electron chi connectivity index (χ4n) is 4.48. The topological polar surface area (TPSA) is 82.1 Å². The smallest absolute Gasteiger partial charge is 0.343 e. The van der Waals surface area contributed by atoms with Gasteiger partial charge < -0.3 is 14.2 Å². The molecule has 0 bridgehead atoms. The van der Waals surface area contributed by atoms with E-state index in [0.29, 0.717) is 36.6 Å². The summed E-state index contributed by atoms with van der Waals surface area (Å²) in [4.78, 5) is 42.3. The van der Waals surface area contributed by atoms with Crippen molar-refractivity contribution in [1.29, 1.82) is 0 Å². The van der Waals surface area contributed by atoms with E-state index >= 15 is 0 Å². The molecule has 2 aromatic rings. The van der Waals surface area contributed by atoms with Gasteiger partial charge in [-0.2, -0.15) is 0 Å². The van der Waals surface area contributed by atoms with E-state index in [1.54, 1.807) is 69.3 Å². The zero-order valence-electron chi connectivity index (χ0n) is 21.0. The monoisotopic (exact) mass is 481 g/mol. The first-order valence-corrected chi connectivity index (χ1v) is 12.2. The lowest BCUT2D eigenvalue weighted by Crippen LogP contribution is -2.59. The van der Waals surface area contributed by atoms with Gasteiger partial charge in [0, 0.05) is 18.7 Å². The van der Waals surface area contributed by atoms with Gasteiger partial charge in [0.05, 0.1) is 19.6 Å². The van der Waals surface area contributed by atoms with Crippen molar-refractivity contribution < 1.29 is 28.6 Å². The molecule has 1 atom stereocenters. The number of rotatable bonds is 11. The molecule has 0 radical (unpaired) electrons. The number of esters is 2. The Balaban J connectivity index is 1.98. The van der Waals surface area contributed by atoms with Crippen molar-refractivity contribution in [3.05, 3.63) is 65.7 Å². The highest BCUT2D eigenvalue weighted by Crippen LogP contribution is 2.37. The van der Waals surface area contributed by atoms with Crippen molar-refractivity contribution in [3.63, 3.8) is 0 Å². The standard InChI is InChI=1S/C28H35NO6/c1-5-33-23-16-14-22(15-17-23)28(25(31)34-6-2,29-18-10-11-19-29)26(32)35-27(3,4)20-24(30)21-12-8-7-9-13-21/h7-9,12-17H,5-6,10-11,18-20H2,1-4H3. The summed E-state index contributed by atoms with van der Waals surface area (Å²) in [7, 11) is 0. The Hall–Kier alpha value is -3.19. The van der Waals surface area contributed by atoms with Crippen LogP contribution in [0.15, 0.2) is 54.6 Å². The van der Waals surface area contributed by atoms with Crippen molar-refractivity contribution in [2.45, 2.75) is 58.1 Å². The largest absolute Gasteiger partial charge is 0.494 e. The summed E-state index contributed by atoms with van der Waals surface area (Å²) >= 11 is 0. The molecule has 1 unspecified atom stereocenters. The van der Waals surface area contributed by atoms with Gasteiger partial charge in [-0.15, -0.1) is 0 Å². The lowest BCUT2D eigenvalue weighted by Gasteiger charge is -2.39. The highest BCUT2D eigenvalue weighted by atomic mass is 16.6. The predicted octanol–water partition coefficient (Wildman–Crippen LogP) is 4.53. The van der Waals surface area contributed by atoms with Gasteiger partial charge in [0.25, 0.3) is 0 Å². The fourth-order valence-corrected chi connectivity index (χ4v) is 4.48. The number of ether oxygens (including phenoxy) is 3. The van der Waals surface area contributed by atoms with Gasteiger partial charge in [-0.05, 0) is 58.2 Å². The van der Waals surface area contributed by atoms with Gasteiger partial charge >= 0.3 is 11.9 Å². The Morgan fingerprint density at radius 1 is 0.857 bits per heavy atom. The van der Waals surface area contributed by atoms with E-state index < -0.39 is 23.1 Å². The van der Waals surface area contributed by atoms with Crippen LogP contribution in [0.1, 0.15) is 62.9 Å². The first-order valence-electron chi connectivity index (χ1n) is 12.2. The molecule has 1 saturated heterocycles. The summed E-state index contributed by atoms with van der Waals surface area (Å²) in [6.45, 7) is 8.67. The molecular weight excluding hydrogens is 446 g/mol. The van der Waals surface area contributed by atoms with E-state index in [4.69, 9.17) is 14.2 Å². The minimum Gasteiger partial charge on any atom is -0.494 e. The number of nitrogens with zero attached hydrogens (tertiary/aromatic N) is 1. The number of ketones is 1. The molecule has 1 heterocycles. The number of hydrogen-bond donors (Lipinski definition) is 0. The summed E-state index contributed by atoms with van der Waals surface area (Å²) in [5.74, 6) is -0.931. The minimum atomic E-state index is -1.77. The molecule has 0 amide bonds. The molecule has 188 valence electrons. The van der Waals surface area contributed by atoms with E-state index in [9.17, 15) is 14.4 Å². The van der Waals surface area contributed by atoms with Crippen LogP contribution in [0.3, 0.4) is 0 Å². The molecule has 7 heteroatoms. The molecular formula is C28H35NO6. The number of likely N-dealkylation sites (tertiary alicyclic amines) is 1. The third-order valence-electron chi connectivity index (χ3n) is 6.08. The van der Waals surface area contributed by atoms with Crippen LogP contribution in [-0.4, -0.2) is 54.5 Å². The zero-order valence-corrected chi connectivity index (χ0v) is 21.0. The molecule has 0 saturated carbocycles. The molecule has 1 aliphatic rings. The average Bonchev–Trinajstić information content (AvgIpc) is 3.36. The van der Waals surface area contributed by atoms with Gasteiger partial charge in [-0.25, -0.2) is 9.59 Å². The summed E-state index contributed by atoms with van der Waals surface area (Å²) < 4.78 is 17.0. The van der Waals surface area contributed by atoms with E-state index in [0.717, 1.165) is 12.8 Å². The Bertz CT molecular complexity index is 1010. The van der Waals surface area contributed by atoms with Crippen LogP contribution in [-0.2, 0) is 24.6 Å². The molecule has 0 aliphatic carbocycles. The molecule has 0 N–H and O–H groups in total. The molecule has 35 heavy (non-hydrogen) atoms. The Kier molecular flexibility index (Phi) is 8.67. The Morgan fingerprint density at radius 3 is 2.06 bits per heavy atom. The third kappa shape index (κ3) is 5.90. The van der Waals surface area contributed by atoms with E-state index in [2.05, 4.69) is 0 Å². The van der Waals surface area contributed by atoms with Crippen molar-refractivity contribution in [2.75, 3.05) is 26.3 Å². The molecule has 2 aromatic carbocycles. The summed E-state index contributed by atoms with van der Waals surface area (Å²) in [6, 6.07) is 15.8.